The van der Waals surface area contributed by atoms with E-state index in [2.05, 4.69) is 48.5 Å². The van der Waals surface area contributed by atoms with Crippen LogP contribution in [-0.4, -0.2) is 96.7 Å². The van der Waals surface area contributed by atoms with Crippen molar-refractivity contribution in [3.8, 4) is 0 Å². The molecule has 17 nitrogen and oxygen atoms in total. The quantitative estimate of drug-likeness (QED) is 0.0222. The standard InChI is InChI=1S/C85H166O17P2/c1-8-11-12-13-14-15-16-17-29-35-40-45-54-61-68-85(90)102-81(73-96-83(88)67-60-53-48-47-51-58-65-78(7)10-3)75-100-104(93,94)98-71-79(86)70-97-103(91,92)99-74-80(72-95-82(87)66-59-52-44-39-34-30-26-22-23-27-32-37-42-49-56-63-76(4)5)101-84(89)69-62-55-46-41-36-31-25-21-19-18-20-24-28-33-38-43-50-57-64-77(6)9-2/h76-81,86H,8-75H2,1-7H3,(H,91,92)(H,93,94)/t77?,78?,79-,80-,81-/m1/s1. The van der Waals surface area contributed by atoms with Gasteiger partial charge in [-0.1, -0.05) is 395 Å². The van der Waals surface area contributed by atoms with E-state index in [0.29, 0.717) is 25.7 Å². The number of unbranched alkanes of at least 4 members (excludes halogenated alkanes) is 49. The third kappa shape index (κ3) is 75.5. The zero-order chi connectivity index (χ0) is 76.5. The highest BCUT2D eigenvalue weighted by Crippen LogP contribution is 2.45. The minimum absolute atomic E-state index is 0.107. The van der Waals surface area contributed by atoms with Crippen LogP contribution in [0, 0.1) is 17.8 Å². The maximum Gasteiger partial charge on any atom is 0.472 e. The van der Waals surface area contributed by atoms with Gasteiger partial charge in [0.05, 0.1) is 26.4 Å². The first-order chi connectivity index (χ1) is 50.3. The minimum Gasteiger partial charge on any atom is -0.462 e. The molecule has 0 saturated heterocycles. The van der Waals surface area contributed by atoms with Gasteiger partial charge >= 0.3 is 39.5 Å². The predicted octanol–water partition coefficient (Wildman–Crippen LogP) is 25.7. The Labute approximate surface area is 638 Å². The van der Waals surface area contributed by atoms with Crippen molar-refractivity contribution in [2.45, 2.75) is 465 Å². The molecule has 0 heterocycles. The van der Waals surface area contributed by atoms with Crippen molar-refractivity contribution in [3.05, 3.63) is 0 Å². The first kappa shape index (κ1) is 102. The van der Waals surface area contributed by atoms with Crippen molar-refractivity contribution in [1.29, 1.82) is 0 Å². The second-order valence-electron chi connectivity index (χ2n) is 31.5. The Morgan fingerprint density at radius 2 is 0.490 bits per heavy atom. The summed E-state index contributed by atoms with van der Waals surface area (Å²) in [7, 11) is -9.93. The Balaban J connectivity index is 5.22. The van der Waals surface area contributed by atoms with Crippen molar-refractivity contribution in [3.63, 3.8) is 0 Å². The van der Waals surface area contributed by atoms with Gasteiger partial charge in [0, 0.05) is 25.7 Å². The number of ether oxygens (including phenoxy) is 4. The molecule has 0 aliphatic rings. The smallest absolute Gasteiger partial charge is 0.462 e. The van der Waals surface area contributed by atoms with Crippen molar-refractivity contribution in [1.82, 2.24) is 0 Å². The van der Waals surface area contributed by atoms with Crippen LogP contribution in [-0.2, 0) is 65.4 Å². The van der Waals surface area contributed by atoms with Gasteiger partial charge in [0.1, 0.15) is 19.3 Å². The van der Waals surface area contributed by atoms with Crippen molar-refractivity contribution in [2.75, 3.05) is 39.6 Å². The molecule has 0 aromatic carbocycles. The van der Waals surface area contributed by atoms with Gasteiger partial charge in [-0.25, -0.2) is 9.13 Å². The van der Waals surface area contributed by atoms with Gasteiger partial charge < -0.3 is 33.8 Å². The number of hydrogen-bond acceptors (Lipinski definition) is 15. The number of esters is 4. The Morgan fingerprint density at radius 1 is 0.279 bits per heavy atom. The number of rotatable bonds is 83. The molecule has 0 aliphatic carbocycles. The maximum absolute atomic E-state index is 13.1. The second kappa shape index (κ2) is 75.1. The predicted molar refractivity (Wildman–Crippen MR) is 428 cm³/mol. The Morgan fingerprint density at radius 3 is 0.731 bits per heavy atom. The van der Waals surface area contributed by atoms with Crippen LogP contribution in [0.4, 0.5) is 0 Å². The van der Waals surface area contributed by atoms with Crippen LogP contribution in [0.15, 0.2) is 0 Å². The number of aliphatic hydroxyl groups is 1. The summed E-state index contributed by atoms with van der Waals surface area (Å²) >= 11 is 0. The highest BCUT2D eigenvalue weighted by Gasteiger charge is 2.30. The maximum atomic E-state index is 13.1. The van der Waals surface area contributed by atoms with Crippen molar-refractivity contribution < 1.29 is 80.2 Å². The fourth-order valence-electron chi connectivity index (χ4n) is 13.1. The van der Waals surface area contributed by atoms with Crippen LogP contribution in [0.3, 0.4) is 0 Å². The fraction of sp³-hybridized carbons (Fsp3) is 0.953. The van der Waals surface area contributed by atoms with Crippen LogP contribution in [0.2, 0.25) is 0 Å². The van der Waals surface area contributed by atoms with Gasteiger partial charge in [0.15, 0.2) is 12.2 Å². The number of carbonyl (C=O) groups excluding carboxylic acids is 4. The lowest BCUT2D eigenvalue weighted by Gasteiger charge is -2.21. The topological polar surface area (TPSA) is 237 Å². The molecular weight excluding hydrogens is 1350 g/mol. The third-order valence-electron chi connectivity index (χ3n) is 20.6. The summed E-state index contributed by atoms with van der Waals surface area (Å²) in [4.78, 5) is 73.1. The Bertz CT molecular complexity index is 2010. The van der Waals surface area contributed by atoms with E-state index in [4.69, 9.17) is 37.0 Å². The van der Waals surface area contributed by atoms with E-state index in [1.807, 2.05) is 0 Å². The van der Waals surface area contributed by atoms with E-state index in [-0.39, 0.29) is 25.7 Å². The number of hydrogen-bond donors (Lipinski definition) is 3. The molecule has 0 aliphatic heterocycles. The molecule has 0 saturated carbocycles. The normalized spacial score (nSPS) is 14.4. The molecule has 0 radical (unpaired) electrons. The lowest BCUT2D eigenvalue weighted by atomic mass is 9.99. The van der Waals surface area contributed by atoms with Crippen LogP contribution in [0.25, 0.3) is 0 Å². The van der Waals surface area contributed by atoms with Crippen molar-refractivity contribution >= 4 is 39.5 Å². The summed E-state index contributed by atoms with van der Waals surface area (Å²) < 4.78 is 68.8. The fourth-order valence-corrected chi connectivity index (χ4v) is 14.7. The largest absolute Gasteiger partial charge is 0.472 e. The average molecular weight is 1520 g/mol. The van der Waals surface area contributed by atoms with E-state index in [9.17, 15) is 43.2 Å². The number of aliphatic hydroxyl groups excluding tert-OH is 1. The molecule has 3 N–H and O–H groups in total. The van der Waals surface area contributed by atoms with Gasteiger partial charge in [0.2, 0.25) is 0 Å². The number of carbonyl (C=O) groups is 4. The Hall–Kier alpha value is -1.94. The highest BCUT2D eigenvalue weighted by molar-refractivity contribution is 7.47. The number of phosphoric ester groups is 2. The molecule has 7 atom stereocenters. The molecule has 0 bridgehead atoms. The molecule has 0 fully saturated rings. The zero-order valence-electron chi connectivity index (χ0n) is 68.5. The first-order valence-corrected chi connectivity index (χ1v) is 46.9. The lowest BCUT2D eigenvalue weighted by Crippen LogP contribution is -2.30. The van der Waals surface area contributed by atoms with E-state index in [1.54, 1.807) is 0 Å². The van der Waals surface area contributed by atoms with Gasteiger partial charge in [-0.05, 0) is 43.4 Å². The lowest BCUT2D eigenvalue weighted by molar-refractivity contribution is -0.161. The first-order valence-electron chi connectivity index (χ1n) is 43.9. The summed E-state index contributed by atoms with van der Waals surface area (Å²) in [6.45, 7) is 12.0. The highest BCUT2D eigenvalue weighted by atomic mass is 31.2. The molecule has 0 aromatic rings. The van der Waals surface area contributed by atoms with Gasteiger partial charge in [0.25, 0.3) is 0 Å². The molecule has 104 heavy (non-hydrogen) atoms. The summed E-state index contributed by atoms with van der Waals surface area (Å²) in [5, 5.41) is 10.7. The monoisotopic (exact) mass is 1520 g/mol. The van der Waals surface area contributed by atoms with E-state index < -0.39 is 97.5 Å². The number of phosphoric acid groups is 2. The molecule has 0 aromatic heterocycles. The van der Waals surface area contributed by atoms with Crippen LogP contribution >= 0.6 is 15.6 Å². The molecule has 4 unspecified atom stereocenters. The van der Waals surface area contributed by atoms with Gasteiger partial charge in [-0.2, -0.15) is 0 Å². The van der Waals surface area contributed by atoms with Crippen LogP contribution < -0.4 is 0 Å². The SMILES string of the molecule is CCCCCCCCCCCCCCCCC(=O)O[C@H](COC(=O)CCCCCCCCC(C)CC)COP(=O)(O)OC[C@H](O)COP(=O)(O)OC[C@@H](COC(=O)CCCCCCCCCCCCCCCCCC(C)C)OC(=O)CCCCCCCCCCCCCCCCCCCCC(C)CC. The van der Waals surface area contributed by atoms with Gasteiger partial charge in [-0.3, -0.25) is 37.3 Å². The van der Waals surface area contributed by atoms with Crippen molar-refractivity contribution in [2.24, 2.45) is 17.8 Å². The molecule has 19 heteroatoms. The van der Waals surface area contributed by atoms with Gasteiger partial charge in [-0.15, -0.1) is 0 Å². The summed E-state index contributed by atoms with van der Waals surface area (Å²) in [6, 6.07) is 0. The summed E-state index contributed by atoms with van der Waals surface area (Å²) in [6.07, 6.45) is 65.2. The second-order valence-corrected chi connectivity index (χ2v) is 34.4. The summed E-state index contributed by atoms with van der Waals surface area (Å²) in [5.74, 6) is 0.302. The average Bonchev–Trinajstić information content (AvgIpc) is 0.908. The molecule has 618 valence electrons. The van der Waals surface area contributed by atoms with E-state index in [0.717, 1.165) is 114 Å². The molecule has 0 amide bonds. The summed E-state index contributed by atoms with van der Waals surface area (Å²) in [5.41, 5.74) is 0. The molecule has 0 rings (SSSR count). The minimum atomic E-state index is -4.97. The van der Waals surface area contributed by atoms with Crippen LogP contribution in [0.5, 0.6) is 0 Å². The van der Waals surface area contributed by atoms with E-state index >= 15 is 0 Å². The van der Waals surface area contributed by atoms with E-state index in [1.165, 1.54) is 250 Å². The molecule has 0 spiro atoms. The van der Waals surface area contributed by atoms with Crippen LogP contribution in [0.1, 0.15) is 447 Å². The zero-order valence-corrected chi connectivity index (χ0v) is 70.3. The Kier molecular flexibility index (Phi) is 73.7. The third-order valence-corrected chi connectivity index (χ3v) is 22.5. The molecular formula is C85H166O17P2.